The molecule has 4 nitrogen and oxygen atoms in total. The summed E-state index contributed by atoms with van der Waals surface area (Å²) in [5.74, 6) is 6.74. The molecule has 0 bridgehead atoms. The highest BCUT2D eigenvalue weighted by Gasteiger charge is 2.43. The second kappa shape index (κ2) is 3.94. The van der Waals surface area contributed by atoms with Crippen LogP contribution < -0.4 is 11.3 Å². The van der Waals surface area contributed by atoms with Gasteiger partial charge in [-0.2, -0.15) is 0 Å². The van der Waals surface area contributed by atoms with Crippen molar-refractivity contribution < 1.29 is 0 Å². The molecule has 3 N–H and O–H groups in total. The van der Waals surface area contributed by atoms with Gasteiger partial charge in [0.15, 0.2) is 0 Å². The quantitative estimate of drug-likeness (QED) is 0.560. The lowest BCUT2D eigenvalue weighted by Gasteiger charge is -2.22. The summed E-state index contributed by atoms with van der Waals surface area (Å²) in [6.07, 6.45) is 8.48. The molecular weight excluding hydrogens is 188 g/mol. The molecule has 1 aliphatic rings. The van der Waals surface area contributed by atoms with Crippen molar-refractivity contribution in [3.05, 3.63) is 18.2 Å². The molecule has 1 unspecified atom stereocenters. The number of aromatic nitrogens is 2. The fraction of sp³-hybridized carbons (Fsp3) is 0.727. The van der Waals surface area contributed by atoms with E-state index in [9.17, 15) is 0 Å². The van der Waals surface area contributed by atoms with Crippen molar-refractivity contribution in [2.75, 3.05) is 0 Å². The topological polar surface area (TPSA) is 55.9 Å². The van der Waals surface area contributed by atoms with Crippen LogP contribution in [-0.2, 0) is 13.5 Å². The predicted molar refractivity (Wildman–Crippen MR) is 60.0 cm³/mol. The molecule has 84 valence electrons. The zero-order valence-electron chi connectivity index (χ0n) is 9.53. The van der Waals surface area contributed by atoms with E-state index in [2.05, 4.69) is 21.9 Å². The van der Waals surface area contributed by atoms with Gasteiger partial charge in [-0.25, -0.2) is 4.98 Å². The maximum Gasteiger partial charge on any atom is 0.108 e. The number of nitrogens with zero attached hydrogens (tertiary/aromatic N) is 2. The van der Waals surface area contributed by atoms with Crippen molar-refractivity contribution in [3.8, 4) is 0 Å². The van der Waals surface area contributed by atoms with E-state index in [-0.39, 0.29) is 0 Å². The van der Waals surface area contributed by atoms with Crippen molar-refractivity contribution >= 4 is 0 Å². The van der Waals surface area contributed by atoms with Gasteiger partial charge in [0.05, 0.1) is 0 Å². The highest BCUT2D eigenvalue weighted by atomic mass is 15.2. The van der Waals surface area contributed by atoms with Gasteiger partial charge in [0.2, 0.25) is 0 Å². The fourth-order valence-corrected chi connectivity index (χ4v) is 2.09. The van der Waals surface area contributed by atoms with E-state index in [0.717, 1.165) is 18.7 Å². The largest absolute Gasteiger partial charge is 0.338 e. The first kappa shape index (κ1) is 10.6. The highest BCUT2D eigenvalue weighted by Crippen LogP contribution is 2.48. The van der Waals surface area contributed by atoms with Gasteiger partial charge < -0.3 is 4.57 Å². The SMILES string of the molecule is Cn1ccnc1CCC(NN)C1(C)CC1. The molecule has 1 aliphatic carbocycles. The third kappa shape index (κ3) is 2.21. The first-order chi connectivity index (χ1) is 7.15. The molecule has 0 amide bonds. The minimum Gasteiger partial charge on any atom is -0.338 e. The van der Waals surface area contributed by atoms with E-state index in [4.69, 9.17) is 5.84 Å². The Hall–Kier alpha value is -0.870. The van der Waals surface area contributed by atoms with Crippen LogP contribution in [0.4, 0.5) is 0 Å². The van der Waals surface area contributed by atoms with Gasteiger partial charge in [0.1, 0.15) is 5.82 Å². The van der Waals surface area contributed by atoms with E-state index in [0.29, 0.717) is 11.5 Å². The normalized spacial score (nSPS) is 20.2. The van der Waals surface area contributed by atoms with Crippen LogP contribution in [0, 0.1) is 5.41 Å². The first-order valence-corrected chi connectivity index (χ1v) is 5.58. The van der Waals surface area contributed by atoms with Crippen LogP contribution >= 0.6 is 0 Å². The maximum absolute atomic E-state index is 5.60. The Bertz CT molecular complexity index is 327. The Morgan fingerprint density at radius 1 is 1.67 bits per heavy atom. The molecule has 1 heterocycles. The number of hydrazine groups is 1. The maximum atomic E-state index is 5.60. The number of hydrogen-bond acceptors (Lipinski definition) is 3. The van der Waals surface area contributed by atoms with Crippen LogP contribution in [0.15, 0.2) is 12.4 Å². The standard InChI is InChI=1S/C11H20N4/c1-11(5-6-11)9(14-12)3-4-10-13-7-8-15(10)2/h7-9,14H,3-6,12H2,1-2H3. The fourth-order valence-electron chi connectivity index (χ4n) is 2.09. The minimum absolute atomic E-state index is 0.425. The molecule has 0 radical (unpaired) electrons. The smallest absolute Gasteiger partial charge is 0.108 e. The Balaban J connectivity index is 1.89. The summed E-state index contributed by atoms with van der Waals surface area (Å²) in [6, 6.07) is 0.425. The second-order valence-electron chi connectivity index (χ2n) is 4.87. The van der Waals surface area contributed by atoms with Gasteiger partial charge in [-0.15, -0.1) is 0 Å². The van der Waals surface area contributed by atoms with Crippen LogP contribution in [0.1, 0.15) is 32.0 Å². The van der Waals surface area contributed by atoms with Gasteiger partial charge in [0, 0.05) is 31.9 Å². The highest BCUT2D eigenvalue weighted by molar-refractivity contribution is 5.00. The Kier molecular flexibility index (Phi) is 2.80. The lowest BCUT2D eigenvalue weighted by molar-refractivity contribution is 0.339. The van der Waals surface area contributed by atoms with Crippen LogP contribution in [0.25, 0.3) is 0 Å². The average molecular weight is 208 g/mol. The summed E-state index contributed by atoms with van der Waals surface area (Å²) in [4.78, 5) is 4.32. The van der Waals surface area contributed by atoms with Gasteiger partial charge in [0.25, 0.3) is 0 Å². The summed E-state index contributed by atoms with van der Waals surface area (Å²) in [7, 11) is 2.03. The lowest BCUT2D eigenvalue weighted by atomic mass is 9.95. The average Bonchev–Trinajstić information content (AvgIpc) is 2.82. The van der Waals surface area contributed by atoms with Crippen molar-refractivity contribution in [1.29, 1.82) is 0 Å². The van der Waals surface area contributed by atoms with E-state index in [1.807, 2.05) is 19.4 Å². The number of nitrogens with two attached hydrogens (primary N) is 1. The van der Waals surface area contributed by atoms with Crippen LogP contribution in [-0.4, -0.2) is 15.6 Å². The van der Waals surface area contributed by atoms with Crippen LogP contribution in [0.2, 0.25) is 0 Å². The molecule has 1 aromatic heterocycles. The Labute approximate surface area is 90.8 Å². The molecule has 0 spiro atoms. The lowest BCUT2D eigenvalue weighted by Crippen LogP contribution is -2.41. The number of nitrogens with one attached hydrogen (secondary N) is 1. The number of aryl methyl sites for hydroxylation is 2. The monoisotopic (exact) mass is 208 g/mol. The number of imidazole rings is 1. The molecule has 1 saturated carbocycles. The van der Waals surface area contributed by atoms with Crippen molar-refractivity contribution in [3.63, 3.8) is 0 Å². The molecular formula is C11H20N4. The zero-order valence-corrected chi connectivity index (χ0v) is 9.53. The van der Waals surface area contributed by atoms with E-state index in [1.165, 1.54) is 12.8 Å². The van der Waals surface area contributed by atoms with E-state index < -0.39 is 0 Å². The van der Waals surface area contributed by atoms with Crippen LogP contribution in [0.3, 0.4) is 0 Å². The summed E-state index contributed by atoms with van der Waals surface area (Å²) >= 11 is 0. The molecule has 0 aliphatic heterocycles. The molecule has 4 heteroatoms. The molecule has 1 atom stereocenters. The molecule has 1 aromatic rings. The Morgan fingerprint density at radius 2 is 2.40 bits per heavy atom. The van der Waals surface area contributed by atoms with Crippen molar-refractivity contribution in [2.45, 2.75) is 38.6 Å². The Morgan fingerprint density at radius 3 is 2.87 bits per heavy atom. The van der Waals surface area contributed by atoms with Gasteiger partial charge in [-0.1, -0.05) is 6.92 Å². The molecule has 1 fully saturated rings. The summed E-state index contributed by atoms with van der Waals surface area (Å²) < 4.78 is 2.07. The summed E-state index contributed by atoms with van der Waals surface area (Å²) in [6.45, 7) is 2.30. The van der Waals surface area contributed by atoms with Crippen molar-refractivity contribution in [1.82, 2.24) is 15.0 Å². The summed E-state index contributed by atoms with van der Waals surface area (Å²) in [5, 5.41) is 0. The second-order valence-corrected chi connectivity index (χ2v) is 4.87. The van der Waals surface area contributed by atoms with Gasteiger partial charge in [-0.05, 0) is 24.7 Å². The van der Waals surface area contributed by atoms with E-state index in [1.54, 1.807) is 0 Å². The van der Waals surface area contributed by atoms with Crippen molar-refractivity contribution in [2.24, 2.45) is 18.3 Å². The molecule has 0 aromatic carbocycles. The van der Waals surface area contributed by atoms with Gasteiger partial charge >= 0.3 is 0 Å². The predicted octanol–water partition coefficient (Wildman–Crippen LogP) is 0.985. The molecule has 2 rings (SSSR count). The number of hydrogen-bond donors (Lipinski definition) is 2. The number of rotatable bonds is 5. The molecule has 15 heavy (non-hydrogen) atoms. The third-order valence-electron chi connectivity index (χ3n) is 3.66. The minimum atomic E-state index is 0.425. The summed E-state index contributed by atoms with van der Waals surface area (Å²) in [5.41, 5.74) is 3.38. The molecule has 0 saturated heterocycles. The third-order valence-corrected chi connectivity index (χ3v) is 3.66. The van der Waals surface area contributed by atoms with E-state index >= 15 is 0 Å². The van der Waals surface area contributed by atoms with Gasteiger partial charge in [-0.3, -0.25) is 11.3 Å². The van der Waals surface area contributed by atoms with Crippen LogP contribution in [0.5, 0.6) is 0 Å². The first-order valence-electron chi connectivity index (χ1n) is 5.58. The zero-order chi connectivity index (χ0) is 10.9.